The Labute approximate surface area is 153 Å². The number of ether oxygens (including phenoxy) is 1. The van der Waals surface area contributed by atoms with E-state index in [9.17, 15) is 9.90 Å². The van der Waals surface area contributed by atoms with Crippen LogP contribution in [0.4, 0.5) is 0 Å². The van der Waals surface area contributed by atoms with Crippen LogP contribution in [0.15, 0.2) is 39.9 Å². The Morgan fingerprint density at radius 3 is 2.83 bits per heavy atom. The fourth-order valence-electron chi connectivity index (χ4n) is 1.92. The largest absolute Gasteiger partial charge is 0.504 e. The van der Waals surface area contributed by atoms with Gasteiger partial charge in [0.05, 0.1) is 12.8 Å². The zero-order valence-electron chi connectivity index (χ0n) is 13.1. The van der Waals surface area contributed by atoms with Gasteiger partial charge >= 0.3 is 0 Å². The lowest BCUT2D eigenvalue weighted by molar-refractivity contribution is 0.0955. The summed E-state index contributed by atoms with van der Waals surface area (Å²) in [5, 5.41) is 14.5. The molecule has 7 heteroatoms. The predicted octanol–water partition coefficient (Wildman–Crippen LogP) is 4.28. The predicted molar refractivity (Wildman–Crippen MR) is 98.2 cm³/mol. The second-order valence-corrected chi connectivity index (χ2v) is 6.26. The molecule has 0 heterocycles. The van der Waals surface area contributed by atoms with Crippen molar-refractivity contribution in [3.8, 4) is 11.5 Å². The van der Waals surface area contributed by atoms with Crippen LogP contribution in [0.2, 0.25) is 5.02 Å². The van der Waals surface area contributed by atoms with E-state index in [4.69, 9.17) is 16.3 Å². The van der Waals surface area contributed by atoms with E-state index in [0.29, 0.717) is 28.5 Å². The zero-order valence-corrected chi connectivity index (χ0v) is 15.5. The molecular formula is C17H16BrClN2O3. The minimum atomic E-state index is -0.396. The van der Waals surface area contributed by atoms with Gasteiger partial charge in [0, 0.05) is 20.6 Å². The van der Waals surface area contributed by atoms with Crippen LogP contribution in [0, 0.1) is 6.92 Å². The van der Waals surface area contributed by atoms with E-state index in [1.807, 2.05) is 13.8 Å². The molecule has 24 heavy (non-hydrogen) atoms. The maximum Gasteiger partial charge on any atom is 0.271 e. The molecule has 0 saturated carbocycles. The molecule has 2 aromatic carbocycles. The van der Waals surface area contributed by atoms with Crippen molar-refractivity contribution < 1.29 is 14.6 Å². The lowest BCUT2D eigenvalue weighted by atomic mass is 10.1. The first kappa shape index (κ1) is 18.3. The first-order valence-electron chi connectivity index (χ1n) is 7.17. The highest BCUT2D eigenvalue weighted by Crippen LogP contribution is 2.32. The quantitative estimate of drug-likeness (QED) is 0.570. The summed E-state index contributed by atoms with van der Waals surface area (Å²) in [5.74, 6) is -0.103. The van der Waals surface area contributed by atoms with Crippen LogP contribution in [0.1, 0.15) is 28.4 Å². The number of phenolic OH excluding ortho intramolecular Hbond substituents is 1. The molecule has 0 unspecified atom stereocenters. The molecule has 5 nitrogen and oxygen atoms in total. The van der Waals surface area contributed by atoms with Crippen molar-refractivity contribution >= 4 is 39.7 Å². The van der Waals surface area contributed by atoms with Crippen LogP contribution in [0.25, 0.3) is 0 Å². The Kier molecular flexibility index (Phi) is 6.23. The third kappa shape index (κ3) is 4.49. The van der Waals surface area contributed by atoms with Crippen LogP contribution in [-0.2, 0) is 0 Å². The van der Waals surface area contributed by atoms with Gasteiger partial charge < -0.3 is 9.84 Å². The minimum Gasteiger partial charge on any atom is -0.504 e. The summed E-state index contributed by atoms with van der Waals surface area (Å²) in [6, 6.07) is 8.32. The van der Waals surface area contributed by atoms with E-state index in [0.717, 1.165) is 10.0 Å². The molecule has 0 aliphatic heterocycles. The first-order valence-corrected chi connectivity index (χ1v) is 8.34. The summed E-state index contributed by atoms with van der Waals surface area (Å²) in [4.78, 5) is 12.0. The fourth-order valence-corrected chi connectivity index (χ4v) is 2.55. The number of phenols is 1. The minimum absolute atomic E-state index is 0.0450. The van der Waals surface area contributed by atoms with Gasteiger partial charge in [-0.05, 0) is 43.7 Å². The number of hydrogen-bond donors (Lipinski definition) is 2. The normalized spacial score (nSPS) is 10.8. The van der Waals surface area contributed by atoms with E-state index >= 15 is 0 Å². The summed E-state index contributed by atoms with van der Waals surface area (Å²) in [6.07, 6.45) is 1.34. The number of aromatic hydroxyl groups is 1. The van der Waals surface area contributed by atoms with Gasteiger partial charge in [-0.25, -0.2) is 5.43 Å². The Balaban J connectivity index is 2.13. The number of amides is 1. The summed E-state index contributed by atoms with van der Waals surface area (Å²) in [5.41, 5.74) is 4.10. The Bertz CT molecular complexity index is 794. The molecule has 0 saturated heterocycles. The number of carbonyl (C=O) groups is 1. The number of benzene rings is 2. The molecule has 0 fully saturated rings. The Morgan fingerprint density at radius 2 is 2.17 bits per heavy atom. The molecule has 0 aliphatic rings. The number of halogens is 2. The second kappa shape index (κ2) is 8.17. The van der Waals surface area contributed by atoms with Crippen molar-refractivity contribution in [1.29, 1.82) is 0 Å². The average Bonchev–Trinajstić information content (AvgIpc) is 2.54. The first-order chi connectivity index (χ1) is 11.4. The summed E-state index contributed by atoms with van der Waals surface area (Å²) < 4.78 is 6.06. The fraction of sp³-hybridized carbons (Fsp3) is 0.176. The van der Waals surface area contributed by atoms with Gasteiger partial charge in [-0.1, -0.05) is 33.6 Å². The second-order valence-electron chi connectivity index (χ2n) is 4.94. The van der Waals surface area contributed by atoms with Gasteiger partial charge in [-0.3, -0.25) is 4.79 Å². The van der Waals surface area contributed by atoms with E-state index in [-0.39, 0.29) is 5.75 Å². The van der Waals surface area contributed by atoms with Crippen molar-refractivity contribution in [1.82, 2.24) is 5.43 Å². The Morgan fingerprint density at radius 1 is 1.42 bits per heavy atom. The van der Waals surface area contributed by atoms with Crippen LogP contribution >= 0.6 is 27.5 Å². The van der Waals surface area contributed by atoms with Gasteiger partial charge in [-0.15, -0.1) is 0 Å². The molecule has 2 N–H and O–H groups in total. The van der Waals surface area contributed by atoms with Crippen LogP contribution in [-0.4, -0.2) is 23.8 Å². The van der Waals surface area contributed by atoms with E-state index in [1.165, 1.54) is 6.21 Å². The van der Waals surface area contributed by atoms with Crippen molar-refractivity contribution in [2.45, 2.75) is 13.8 Å². The van der Waals surface area contributed by atoms with Crippen molar-refractivity contribution in [2.75, 3.05) is 6.61 Å². The standard InChI is InChI=1S/C17H16BrClN2O3/c1-3-24-15-8-13(18)6-12(16(15)22)9-20-21-17(23)11-5-4-10(2)14(19)7-11/h4-9,22H,3H2,1-2H3,(H,21,23)/b20-9-. The molecule has 0 aromatic heterocycles. The van der Waals surface area contributed by atoms with Crippen LogP contribution in [0.5, 0.6) is 11.5 Å². The van der Waals surface area contributed by atoms with Crippen LogP contribution < -0.4 is 10.2 Å². The molecule has 0 atom stereocenters. The SMILES string of the molecule is CCOc1cc(Br)cc(/C=N\NC(=O)c2ccc(C)c(Cl)c2)c1O. The molecule has 1 amide bonds. The lowest BCUT2D eigenvalue weighted by Crippen LogP contribution is -2.17. The third-order valence-corrected chi connectivity index (χ3v) is 4.04. The molecule has 0 spiro atoms. The van der Waals surface area contributed by atoms with Crippen LogP contribution in [0.3, 0.4) is 0 Å². The average molecular weight is 412 g/mol. The molecule has 0 aliphatic carbocycles. The molecule has 0 radical (unpaired) electrons. The number of nitrogens with one attached hydrogen (secondary N) is 1. The number of aryl methyl sites for hydroxylation is 1. The van der Waals surface area contributed by atoms with E-state index in [2.05, 4.69) is 26.5 Å². The number of rotatable bonds is 5. The van der Waals surface area contributed by atoms with Crippen molar-refractivity contribution in [3.63, 3.8) is 0 Å². The number of hydrogen-bond acceptors (Lipinski definition) is 4. The molecule has 126 valence electrons. The van der Waals surface area contributed by atoms with Gasteiger partial charge in [0.1, 0.15) is 0 Å². The highest BCUT2D eigenvalue weighted by Gasteiger charge is 2.10. The molecular weight excluding hydrogens is 396 g/mol. The van der Waals surface area contributed by atoms with E-state index in [1.54, 1.807) is 30.3 Å². The third-order valence-electron chi connectivity index (χ3n) is 3.17. The highest BCUT2D eigenvalue weighted by atomic mass is 79.9. The number of carbonyl (C=O) groups excluding carboxylic acids is 1. The van der Waals surface area contributed by atoms with E-state index < -0.39 is 5.91 Å². The molecule has 2 aromatic rings. The lowest BCUT2D eigenvalue weighted by Gasteiger charge is -2.08. The van der Waals surface area contributed by atoms with Gasteiger partial charge in [0.25, 0.3) is 5.91 Å². The van der Waals surface area contributed by atoms with Gasteiger partial charge in [0.15, 0.2) is 11.5 Å². The maximum absolute atomic E-state index is 12.0. The summed E-state index contributed by atoms with van der Waals surface area (Å²) >= 11 is 9.34. The summed E-state index contributed by atoms with van der Waals surface area (Å²) in [7, 11) is 0. The number of hydrazone groups is 1. The van der Waals surface area contributed by atoms with Gasteiger partial charge in [-0.2, -0.15) is 5.10 Å². The zero-order chi connectivity index (χ0) is 17.7. The van der Waals surface area contributed by atoms with Gasteiger partial charge in [0.2, 0.25) is 0 Å². The highest BCUT2D eigenvalue weighted by molar-refractivity contribution is 9.10. The monoisotopic (exact) mass is 410 g/mol. The molecule has 2 rings (SSSR count). The topological polar surface area (TPSA) is 70.9 Å². The number of nitrogens with zero attached hydrogens (tertiary/aromatic N) is 1. The van der Waals surface area contributed by atoms with Crippen molar-refractivity contribution in [3.05, 3.63) is 56.5 Å². The Hall–Kier alpha value is -2.05. The smallest absolute Gasteiger partial charge is 0.271 e. The maximum atomic E-state index is 12.0. The molecule has 0 bridgehead atoms. The summed E-state index contributed by atoms with van der Waals surface area (Å²) in [6.45, 7) is 4.10. The van der Waals surface area contributed by atoms with Crippen molar-refractivity contribution in [2.24, 2.45) is 5.10 Å².